The molecule has 1 aliphatic carbocycles. The first kappa shape index (κ1) is 20.6. The summed E-state index contributed by atoms with van der Waals surface area (Å²) in [6.07, 6.45) is 2.55. The highest BCUT2D eigenvalue weighted by atomic mass is 16.5. The van der Waals surface area contributed by atoms with E-state index in [1.807, 2.05) is 18.2 Å². The summed E-state index contributed by atoms with van der Waals surface area (Å²) in [6.45, 7) is 2.62. The number of nitrogens with two attached hydrogens (primary N) is 1. The fourth-order valence-electron chi connectivity index (χ4n) is 5.21. The van der Waals surface area contributed by atoms with Gasteiger partial charge in [0.05, 0.1) is 23.4 Å². The molecule has 2 atom stereocenters. The summed E-state index contributed by atoms with van der Waals surface area (Å²) < 4.78 is 7.54. The van der Waals surface area contributed by atoms with Crippen LogP contribution in [0, 0.1) is 11.3 Å². The minimum absolute atomic E-state index is 0.127. The molecule has 0 radical (unpaired) electrons. The van der Waals surface area contributed by atoms with Crippen LogP contribution < -0.4 is 11.1 Å². The second-order valence-electron chi connectivity index (χ2n) is 8.83. The van der Waals surface area contributed by atoms with Gasteiger partial charge in [-0.2, -0.15) is 5.26 Å². The Kier molecular flexibility index (Phi) is 5.35. The number of rotatable bonds is 4. The fourth-order valence-corrected chi connectivity index (χ4v) is 5.21. The minimum atomic E-state index is -0.614. The van der Waals surface area contributed by atoms with Gasteiger partial charge in [-0.1, -0.05) is 30.3 Å². The van der Waals surface area contributed by atoms with Crippen LogP contribution in [0.2, 0.25) is 0 Å². The lowest BCUT2D eigenvalue weighted by atomic mass is 9.92. The molecular formula is C24H27N5O3. The van der Waals surface area contributed by atoms with Gasteiger partial charge in [0.25, 0.3) is 5.91 Å². The van der Waals surface area contributed by atoms with Gasteiger partial charge in [0.2, 0.25) is 0 Å². The molecule has 8 nitrogen and oxygen atoms in total. The summed E-state index contributed by atoms with van der Waals surface area (Å²) in [7, 11) is 0. The molecule has 3 N–H and O–H groups in total. The van der Waals surface area contributed by atoms with Crippen LogP contribution in [0.15, 0.2) is 30.3 Å². The lowest BCUT2D eigenvalue weighted by molar-refractivity contribution is 0.0832. The summed E-state index contributed by atoms with van der Waals surface area (Å²) >= 11 is 0. The van der Waals surface area contributed by atoms with E-state index >= 15 is 0 Å². The summed E-state index contributed by atoms with van der Waals surface area (Å²) in [5, 5.41) is 13.0. The van der Waals surface area contributed by atoms with Crippen molar-refractivity contribution in [2.75, 3.05) is 19.8 Å². The standard InChI is InChI=1S/C24H27N5O3/c25-13-18-21(23(26)30)20-14-28(8-9-29(20)22(18)16-6-10-32-11-7-16)24(31)27-19-12-17(19)15-4-2-1-3-5-15/h1-5,16-17,19H,6-12,14H2,(H2,26,30)(H,27,31). The topological polar surface area (TPSA) is 113 Å². The molecule has 3 amide bonds. The number of fused-ring (bicyclic) bond motifs is 1. The van der Waals surface area contributed by atoms with Crippen molar-refractivity contribution in [2.24, 2.45) is 5.73 Å². The number of carbonyl (C=O) groups excluding carboxylic acids is 2. The molecule has 1 aromatic carbocycles. The molecule has 5 rings (SSSR count). The van der Waals surface area contributed by atoms with Gasteiger partial charge in [-0.3, -0.25) is 4.79 Å². The van der Waals surface area contributed by atoms with E-state index in [0.717, 1.165) is 25.0 Å². The van der Waals surface area contributed by atoms with E-state index < -0.39 is 5.91 Å². The second kappa shape index (κ2) is 8.32. The Balaban J connectivity index is 1.36. The van der Waals surface area contributed by atoms with Crippen molar-refractivity contribution in [3.8, 4) is 6.07 Å². The molecule has 166 valence electrons. The number of nitrogens with zero attached hydrogens (tertiary/aromatic N) is 3. The average molecular weight is 434 g/mol. The first-order valence-corrected chi connectivity index (χ1v) is 11.2. The van der Waals surface area contributed by atoms with Crippen molar-refractivity contribution >= 4 is 11.9 Å². The normalized spacial score (nSPS) is 22.7. The highest BCUT2D eigenvalue weighted by Crippen LogP contribution is 2.41. The molecule has 2 unspecified atom stereocenters. The van der Waals surface area contributed by atoms with Gasteiger partial charge in [0.1, 0.15) is 6.07 Å². The highest BCUT2D eigenvalue weighted by molar-refractivity contribution is 5.97. The second-order valence-corrected chi connectivity index (χ2v) is 8.83. The van der Waals surface area contributed by atoms with Crippen LogP contribution in [-0.4, -0.2) is 47.2 Å². The fraction of sp³-hybridized carbons (Fsp3) is 0.458. The largest absolute Gasteiger partial charge is 0.381 e. The van der Waals surface area contributed by atoms with Gasteiger partial charge >= 0.3 is 6.03 Å². The third kappa shape index (κ3) is 3.63. The van der Waals surface area contributed by atoms with E-state index in [1.165, 1.54) is 5.56 Å². The molecule has 1 saturated heterocycles. The number of hydrogen-bond acceptors (Lipinski definition) is 4. The van der Waals surface area contributed by atoms with E-state index in [4.69, 9.17) is 10.5 Å². The average Bonchev–Trinajstić information content (AvgIpc) is 3.50. The van der Waals surface area contributed by atoms with Crippen molar-refractivity contribution in [2.45, 2.75) is 50.2 Å². The van der Waals surface area contributed by atoms with Gasteiger partial charge < -0.3 is 25.3 Å². The van der Waals surface area contributed by atoms with Crippen LogP contribution in [0.1, 0.15) is 64.0 Å². The van der Waals surface area contributed by atoms with Crippen LogP contribution in [0.3, 0.4) is 0 Å². The number of hydrogen-bond donors (Lipinski definition) is 2. The van der Waals surface area contributed by atoms with Crippen molar-refractivity contribution in [3.63, 3.8) is 0 Å². The molecule has 0 spiro atoms. The number of nitrogens with one attached hydrogen (secondary N) is 1. The first-order chi connectivity index (χ1) is 15.6. The maximum Gasteiger partial charge on any atom is 0.318 e. The Morgan fingerprint density at radius 2 is 1.91 bits per heavy atom. The predicted molar refractivity (Wildman–Crippen MR) is 117 cm³/mol. The SMILES string of the molecule is N#Cc1c(C(N)=O)c2n(c1C1CCOCC1)CCN(C(=O)NC1CC1c1ccccc1)C2. The number of benzene rings is 1. The van der Waals surface area contributed by atoms with Crippen LogP contribution in [0.4, 0.5) is 4.79 Å². The van der Waals surface area contributed by atoms with E-state index in [2.05, 4.69) is 28.1 Å². The molecule has 8 heteroatoms. The molecule has 3 heterocycles. The number of primary amides is 1. The molecule has 1 aromatic heterocycles. The van der Waals surface area contributed by atoms with Crippen molar-refractivity contribution in [1.82, 2.24) is 14.8 Å². The summed E-state index contributed by atoms with van der Waals surface area (Å²) in [5.74, 6) is -0.110. The Morgan fingerprint density at radius 3 is 2.59 bits per heavy atom. The number of aromatic nitrogens is 1. The molecule has 2 fully saturated rings. The Morgan fingerprint density at radius 1 is 1.16 bits per heavy atom. The minimum Gasteiger partial charge on any atom is -0.381 e. The zero-order valence-corrected chi connectivity index (χ0v) is 17.9. The van der Waals surface area contributed by atoms with Crippen LogP contribution in [0.25, 0.3) is 0 Å². The van der Waals surface area contributed by atoms with E-state index in [0.29, 0.717) is 43.5 Å². The summed E-state index contributed by atoms with van der Waals surface area (Å²) in [5.41, 5.74) is 9.13. The number of amides is 3. The van der Waals surface area contributed by atoms with Crippen LogP contribution in [0.5, 0.6) is 0 Å². The van der Waals surface area contributed by atoms with Gasteiger partial charge in [-0.05, 0) is 24.8 Å². The Hall–Kier alpha value is -3.31. The van der Waals surface area contributed by atoms with E-state index in [-0.39, 0.29) is 30.1 Å². The Bertz CT molecular complexity index is 1080. The van der Waals surface area contributed by atoms with E-state index in [9.17, 15) is 14.9 Å². The molecule has 1 saturated carbocycles. The maximum absolute atomic E-state index is 13.0. The summed E-state index contributed by atoms with van der Waals surface area (Å²) in [4.78, 5) is 27.0. The summed E-state index contributed by atoms with van der Waals surface area (Å²) in [6, 6.07) is 12.4. The van der Waals surface area contributed by atoms with Crippen molar-refractivity contribution in [1.29, 1.82) is 5.26 Å². The molecule has 0 bridgehead atoms. The Labute approximate surface area is 186 Å². The van der Waals surface area contributed by atoms with E-state index in [1.54, 1.807) is 4.90 Å². The third-order valence-corrected chi connectivity index (χ3v) is 6.93. The molecule has 3 aliphatic rings. The van der Waals surface area contributed by atoms with Gasteiger partial charge in [-0.25, -0.2) is 4.79 Å². The van der Waals surface area contributed by atoms with Gasteiger partial charge in [0.15, 0.2) is 0 Å². The molecule has 32 heavy (non-hydrogen) atoms. The molecule has 2 aliphatic heterocycles. The number of nitriles is 1. The molecule has 2 aromatic rings. The lowest BCUT2D eigenvalue weighted by Crippen LogP contribution is -2.45. The quantitative estimate of drug-likeness (QED) is 0.771. The number of ether oxygens (including phenoxy) is 1. The zero-order chi connectivity index (χ0) is 22.2. The predicted octanol–water partition coefficient (Wildman–Crippen LogP) is 2.43. The maximum atomic E-state index is 13.0. The number of carbonyl (C=O) groups is 2. The van der Waals surface area contributed by atoms with Crippen LogP contribution >= 0.6 is 0 Å². The lowest BCUT2D eigenvalue weighted by Gasteiger charge is -2.32. The van der Waals surface area contributed by atoms with Gasteiger partial charge in [-0.15, -0.1) is 0 Å². The zero-order valence-electron chi connectivity index (χ0n) is 17.9. The first-order valence-electron chi connectivity index (χ1n) is 11.2. The molecular weight excluding hydrogens is 406 g/mol. The van der Waals surface area contributed by atoms with Crippen molar-refractivity contribution in [3.05, 3.63) is 58.4 Å². The number of urea groups is 1. The smallest absolute Gasteiger partial charge is 0.318 e. The van der Waals surface area contributed by atoms with Crippen LogP contribution in [-0.2, 0) is 17.8 Å². The van der Waals surface area contributed by atoms with Gasteiger partial charge in [0, 0.05) is 49.9 Å². The monoisotopic (exact) mass is 433 g/mol. The van der Waals surface area contributed by atoms with Crippen molar-refractivity contribution < 1.29 is 14.3 Å². The third-order valence-electron chi connectivity index (χ3n) is 6.93. The highest BCUT2D eigenvalue weighted by Gasteiger charge is 2.41.